The summed E-state index contributed by atoms with van der Waals surface area (Å²) in [7, 11) is 0. The fourth-order valence-corrected chi connectivity index (χ4v) is 2.29. The summed E-state index contributed by atoms with van der Waals surface area (Å²) in [5, 5.41) is 18.2. The number of nitrogens with zero attached hydrogens (tertiary/aromatic N) is 1. The summed E-state index contributed by atoms with van der Waals surface area (Å²) in [6, 6.07) is 9.39. The van der Waals surface area contributed by atoms with E-state index in [1.165, 1.54) is 0 Å². The molecule has 5 nitrogen and oxygen atoms in total. The van der Waals surface area contributed by atoms with E-state index in [1.807, 2.05) is 30.3 Å². The highest BCUT2D eigenvalue weighted by molar-refractivity contribution is 5.72. The Bertz CT molecular complexity index is 399. The second kappa shape index (κ2) is 6.65. The van der Waals surface area contributed by atoms with Gasteiger partial charge in [0.05, 0.1) is 19.8 Å². The number of ether oxygens (including phenoxy) is 1. The molecule has 1 aliphatic heterocycles. The molecule has 2 atom stereocenters. The maximum atomic E-state index is 11.7. The van der Waals surface area contributed by atoms with Gasteiger partial charge in [0.1, 0.15) is 6.61 Å². The Balaban J connectivity index is 1.77. The van der Waals surface area contributed by atoms with E-state index < -0.39 is 0 Å². The van der Waals surface area contributed by atoms with Crippen molar-refractivity contribution in [2.75, 3.05) is 19.8 Å². The van der Waals surface area contributed by atoms with Gasteiger partial charge in [-0.2, -0.15) is 0 Å². The SMILES string of the molecule is O=C(CN1[C@H](CO)C[C@@H]1CO)OCc1ccccc1. The summed E-state index contributed by atoms with van der Waals surface area (Å²) in [4.78, 5) is 13.5. The fraction of sp³-hybridized carbons (Fsp3) is 0.500. The topological polar surface area (TPSA) is 70.0 Å². The molecule has 19 heavy (non-hydrogen) atoms. The van der Waals surface area contributed by atoms with Gasteiger partial charge in [0, 0.05) is 12.1 Å². The first-order chi connectivity index (χ1) is 9.24. The lowest BCUT2D eigenvalue weighted by Crippen LogP contribution is -2.60. The Kier molecular flexibility index (Phi) is 4.90. The standard InChI is InChI=1S/C14H19NO4/c16-8-12-6-13(9-17)15(12)7-14(18)19-10-11-4-2-1-3-5-11/h1-5,12-13,16-17H,6-10H2/t12-,13+. The van der Waals surface area contributed by atoms with Gasteiger partial charge in [-0.25, -0.2) is 0 Å². The molecule has 0 amide bonds. The molecule has 2 N–H and O–H groups in total. The van der Waals surface area contributed by atoms with Crippen molar-refractivity contribution in [1.29, 1.82) is 0 Å². The van der Waals surface area contributed by atoms with Crippen molar-refractivity contribution < 1.29 is 19.7 Å². The summed E-state index contributed by atoms with van der Waals surface area (Å²) in [6.45, 7) is 0.370. The Labute approximate surface area is 112 Å². The smallest absolute Gasteiger partial charge is 0.320 e. The number of aliphatic hydroxyl groups is 2. The van der Waals surface area contributed by atoms with Crippen LogP contribution >= 0.6 is 0 Å². The highest BCUT2D eigenvalue weighted by Crippen LogP contribution is 2.24. The monoisotopic (exact) mass is 265 g/mol. The molecule has 1 aliphatic rings. The molecule has 0 spiro atoms. The first kappa shape index (κ1) is 14.0. The van der Waals surface area contributed by atoms with Gasteiger partial charge in [-0.05, 0) is 12.0 Å². The third kappa shape index (κ3) is 3.53. The summed E-state index contributed by atoms with van der Waals surface area (Å²) < 4.78 is 5.18. The van der Waals surface area contributed by atoms with Crippen LogP contribution in [0.15, 0.2) is 30.3 Å². The van der Waals surface area contributed by atoms with Gasteiger partial charge in [-0.3, -0.25) is 9.69 Å². The van der Waals surface area contributed by atoms with Gasteiger partial charge in [0.25, 0.3) is 0 Å². The van der Waals surface area contributed by atoms with Gasteiger partial charge in [-0.15, -0.1) is 0 Å². The van der Waals surface area contributed by atoms with E-state index in [4.69, 9.17) is 14.9 Å². The molecule has 5 heteroatoms. The second-order valence-corrected chi connectivity index (χ2v) is 4.73. The molecule has 0 aliphatic carbocycles. The maximum absolute atomic E-state index is 11.7. The average Bonchev–Trinajstić information content (AvgIpc) is 2.43. The van der Waals surface area contributed by atoms with E-state index in [9.17, 15) is 4.79 Å². The Morgan fingerprint density at radius 2 is 1.84 bits per heavy atom. The van der Waals surface area contributed by atoms with Crippen molar-refractivity contribution in [3.8, 4) is 0 Å². The molecule has 0 radical (unpaired) electrons. The van der Waals surface area contributed by atoms with Crippen molar-refractivity contribution in [1.82, 2.24) is 4.90 Å². The Morgan fingerprint density at radius 3 is 2.42 bits per heavy atom. The number of benzene rings is 1. The molecule has 1 aromatic carbocycles. The zero-order valence-corrected chi connectivity index (χ0v) is 10.7. The van der Waals surface area contributed by atoms with E-state index in [0.717, 1.165) is 12.0 Å². The van der Waals surface area contributed by atoms with E-state index in [-0.39, 0.29) is 44.4 Å². The molecule has 1 fully saturated rings. The summed E-state index contributed by atoms with van der Waals surface area (Å²) >= 11 is 0. The number of esters is 1. The molecule has 0 aromatic heterocycles. The van der Waals surface area contributed by atoms with E-state index in [0.29, 0.717) is 0 Å². The van der Waals surface area contributed by atoms with Crippen LogP contribution in [-0.4, -0.2) is 52.9 Å². The summed E-state index contributed by atoms with van der Waals surface area (Å²) in [5.41, 5.74) is 0.942. The van der Waals surface area contributed by atoms with Crippen LogP contribution < -0.4 is 0 Å². The van der Waals surface area contributed by atoms with Crippen molar-refractivity contribution in [3.63, 3.8) is 0 Å². The minimum Gasteiger partial charge on any atom is -0.460 e. The van der Waals surface area contributed by atoms with E-state index >= 15 is 0 Å². The third-order valence-electron chi connectivity index (χ3n) is 3.46. The normalized spacial score (nSPS) is 22.8. The minimum atomic E-state index is -0.333. The van der Waals surface area contributed by atoms with Crippen molar-refractivity contribution >= 4 is 5.97 Å². The van der Waals surface area contributed by atoms with Gasteiger partial charge >= 0.3 is 5.97 Å². The van der Waals surface area contributed by atoms with Crippen molar-refractivity contribution in [2.45, 2.75) is 25.1 Å². The highest BCUT2D eigenvalue weighted by Gasteiger charge is 2.38. The van der Waals surface area contributed by atoms with Crippen molar-refractivity contribution in [3.05, 3.63) is 35.9 Å². The third-order valence-corrected chi connectivity index (χ3v) is 3.46. The quantitative estimate of drug-likeness (QED) is 0.717. The van der Waals surface area contributed by atoms with E-state index in [1.54, 1.807) is 4.90 Å². The zero-order valence-electron chi connectivity index (χ0n) is 10.7. The van der Waals surface area contributed by atoms with Crippen LogP contribution in [0.1, 0.15) is 12.0 Å². The maximum Gasteiger partial charge on any atom is 0.320 e. The minimum absolute atomic E-state index is 0.00245. The number of hydrogen-bond donors (Lipinski definition) is 2. The summed E-state index contributed by atoms with van der Waals surface area (Å²) in [6.07, 6.45) is 0.721. The number of hydrogen-bond acceptors (Lipinski definition) is 5. The molecule has 2 rings (SSSR count). The number of likely N-dealkylation sites (tertiary alicyclic amines) is 1. The largest absolute Gasteiger partial charge is 0.460 e. The van der Waals surface area contributed by atoms with E-state index in [2.05, 4.69) is 0 Å². The number of aliphatic hydroxyl groups excluding tert-OH is 2. The Hall–Kier alpha value is -1.43. The van der Waals surface area contributed by atoms with Crippen molar-refractivity contribution in [2.24, 2.45) is 0 Å². The molecule has 0 unspecified atom stereocenters. The molecule has 0 bridgehead atoms. The second-order valence-electron chi connectivity index (χ2n) is 4.73. The molecule has 104 valence electrons. The lowest BCUT2D eigenvalue weighted by molar-refractivity contribution is -0.152. The first-order valence-electron chi connectivity index (χ1n) is 6.41. The average molecular weight is 265 g/mol. The van der Waals surface area contributed by atoms with Crippen LogP contribution in [0.4, 0.5) is 0 Å². The molecule has 1 aromatic rings. The van der Waals surface area contributed by atoms with Crippen LogP contribution in [-0.2, 0) is 16.1 Å². The zero-order chi connectivity index (χ0) is 13.7. The van der Waals surface area contributed by atoms with Crippen LogP contribution in [0.3, 0.4) is 0 Å². The van der Waals surface area contributed by atoms with Gasteiger partial charge < -0.3 is 14.9 Å². The van der Waals surface area contributed by atoms with Gasteiger partial charge in [0.2, 0.25) is 0 Å². The van der Waals surface area contributed by atoms with Crippen LogP contribution in [0.25, 0.3) is 0 Å². The number of carbonyl (C=O) groups excluding carboxylic acids is 1. The van der Waals surface area contributed by atoms with Gasteiger partial charge in [-0.1, -0.05) is 30.3 Å². The van der Waals surface area contributed by atoms with Crippen LogP contribution in [0, 0.1) is 0 Å². The molecule has 1 saturated heterocycles. The van der Waals surface area contributed by atoms with Crippen LogP contribution in [0.5, 0.6) is 0 Å². The fourth-order valence-electron chi connectivity index (χ4n) is 2.29. The molecular weight excluding hydrogens is 246 g/mol. The lowest BCUT2D eigenvalue weighted by Gasteiger charge is -2.46. The van der Waals surface area contributed by atoms with Gasteiger partial charge in [0.15, 0.2) is 0 Å². The summed E-state index contributed by atoms with van der Waals surface area (Å²) in [5.74, 6) is -0.333. The predicted octanol–water partition coefficient (Wildman–Crippen LogP) is 0.157. The Morgan fingerprint density at radius 1 is 1.21 bits per heavy atom. The number of rotatable bonds is 6. The first-order valence-corrected chi connectivity index (χ1v) is 6.41. The number of carbonyl (C=O) groups is 1. The molecule has 0 saturated carbocycles. The van der Waals surface area contributed by atoms with Crippen LogP contribution in [0.2, 0.25) is 0 Å². The molecular formula is C14H19NO4. The lowest BCUT2D eigenvalue weighted by atomic mass is 9.94. The predicted molar refractivity (Wildman–Crippen MR) is 69.3 cm³/mol. The molecule has 1 heterocycles. The highest BCUT2D eigenvalue weighted by atomic mass is 16.5.